The van der Waals surface area contributed by atoms with Crippen LogP contribution in [0.5, 0.6) is 0 Å². The third-order valence-corrected chi connectivity index (χ3v) is 3.53. The summed E-state index contributed by atoms with van der Waals surface area (Å²) in [6, 6.07) is 12.2. The third-order valence-electron chi connectivity index (χ3n) is 3.53. The van der Waals surface area contributed by atoms with Gasteiger partial charge < -0.3 is 9.73 Å². The van der Waals surface area contributed by atoms with Gasteiger partial charge in [0.15, 0.2) is 0 Å². The van der Waals surface area contributed by atoms with Gasteiger partial charge >= 0.3 is 11.8 Å². The van der Waals surface area contributed by atoms with E-state index >= 15 is 0 Å². The Bertz CT molecular complexity index is 1050. The van der Waals surface area contributed by atoms with Crippen molar-refractivity contribution in [3.05, 3.63) is 82.2 Å². The molecular formula is C19H12F3NO3. The second-order valence-corrected chi connectivity index (χ2v) is 5.45. The predicted octanol–water partition coefficient (Wildman–Crippen LogP) is 4.46. The fourth-order valence-corrected chi connectivity index (χ4v) is 2.32. The Morgan fingerprint density at radius 3 is 2.62 bits per heavy atom. The topological polar surface area (TPSA) is 59.3 Å². The molecule has 4 nitrogen and oxygen atoms in total. The van der Waals surface area contributed by atoms with Crippen molar-refractivity contribution in [3.8, 4) is 0 Å². The van der Waals surface area contributed by atoms with Crippen molar-refractivity contribution in [3.63, 3.8) is 0 Å². The average Bonchev–Trinajstić information content (AvgIpc) is 2.60. The molecule has 0 bridgehead atoms. The maximum Gasteiger partial charge on any atom is 0.416 e. The Morgan fingerprint density at radius 1 is 1.04 bits per heavy atom. The van der Waals surface area contributed by atoms with E-state index in [1.54, 1.807) is 24.3 Å². The number of hydrogen-bond donors (Lipinski definition) is 1. The van der Waals surface area contributed by atoms with E-state index in [0.717, 1.165) is 18.2 Å². The maximum absolute atomic E-state index is 12.7. The van der Waals surface area contributed by atoms with Gasteiger partial charge in [-0.15, -0.1) is 0 Å². The minimum atomic E-state index is -4.44. The first-order valence-electron chi connectivity index (χ1n) is 7.51. The molecule has 0 saturated carbocycles. The zero-order chi connectivity index (χ0) is 18.7. The molecule has 7 heteroatoms. The van der Waals surface area contributed by atoms with E-state index in [4.69, 9.17) is 4.42 Å². The molecule has 1 N–H and O–H groups in total. The number of hydrogen-bond acceptors (Lipinski definition) is 3. The molecule has 0 radical (unpaired) electrons. The Kier molecular flexibility index (Phi) is 4.62. The van der Waals surface area contributed by atoms with Crippen molar-refractivity contribution in [2.45, 2.75) is 6.18 Å². The fourth-order valence-electron chi connectivity index (χ4n) is 2.32. The molecule has 0 atom stereocenters. The lowest BCUT2D eigenvalue weighted by Crippen LogP contribution is -2.08. The van der Waals surface area contributed by atoms with Gasteiger partial charge in [0.2, 0.25) is 5.91 Å². The Labute approximate surface area is 145 Å². The number of benzene rings is 2. The van der Waals surface area contributed by atoms with Gasteiger partial charge in [0, 0.05) is 23.2 Å². The lowest BCUT2D eigenvalue weighted by Gasteiger charge is -2.06. The molecule has 0 aliphatic heterocycles. The van der Waals surface area contributed by atoms with Crippen LogP contribution in [0.3, 0.4) is 0 Å². The lowest BCUT2D eigenvalue weighted by molar-refractivity contribution is -0.137. The predicted molar refractivity (Wildman–Crippen MR) is 91.6 cm³/mol. The minimum absolute atomic E-state index is 0.260. The molecule has 0 aliphatic rings. The van der Waals surface area contributed by atoms with Gasteiger partial charge in [-0.3, -0.25) is 4.79 Å². The van der Waals surface area contributed by atoms with Crippen LogP contribution in [0, 0.1) is 0 Å². The Hall–Kier alpha value is -3.35. The van der Waals surface area contributed by atoms with E-state index in [9.17, 15) is 22.8 Å². The number of amides is 1. The number of carbonyl (C=O) groups is 1. The molecule has 1 heterocycles. The zero-order valence-corrected chi connectivity index (χ0v) is 13.2. The molecule has 0 saturated heterocycles. The van der Waals surface area contributed by atoms with E-state index in [1.165, 1.54) is 24.3 Å². The van der Waals surface area contributed by atoms with Crippen molar-refractivity contribution >= 4 is 28.6 Å². The van der Waals surface area contributed by atoms with E-state index in [2.05, 4.69) is 5.32 Å². The van der Waals surface area contributed by atoms with Gasteiger partial charge in [0.1, 0.15) is 5.58 Å². The van der Waals surface area contributed by atoms with Crippen LogP contribution < -0.4 is 10.9 Å². The van der Waals surface area contributed by atoms with E-state index in [1.807, 2.05) is 0 Å². The smallest absolute Gasteiger partial charge is 0.416 e. The van der Waals surface area contributed by atoms with E-state index in [0.29, 0.717) is 16.7 Å². The molecular weight excluding hydrogens is 347 g/mol. The van der Waals surface area contributed by atoms with Crippen LogP contribution in [0.4, 0.5) is 18.9 Å². The first kappa shape index (κ1) is 17.5. The second-order valence-electron chi connectivity index (χ2n) is 5.45. The van der Waals surface area contributed by atoms with Gasteiger partial charge in [-0.25, -0.2) is 4.79 Å². The summed E-state index contributed by atoms with van der Waals surface area (Å²) in [5.74, 6) is -0.501. The lowest BCUT2D eigenvalue weighted by atomic mass is 10.1. The normalized spacial score (nSPS) is 11.8. The highest BCUT2D eigenvalue weighted by molar-refractivity contribution is 6.02. The van der Waals surface area contributed by atoms with E-state index < -0.39 is 23.3 Å². The van der Waals surface area contributed by atoms with Crippen LogP contribution in [-0.4, -0.2) is 5.91 Å². The maximum atomic E-state index is 12.7. The molecule has 26 heavy (non-hydrogen) atoms. The second kappa shape index (κ2) is 6.87. The largest absolute Gasteiger partial charge is 0.423 e. The summed E-state index contributed by atoms with van der Waals surface area (Å²) in [7, 11) is 0. The highest BCUT2D eigenvalue weighted by atomic mass is 19.4. The minimum Gasteiger partial charge on any atom is -0.423 e. The summed E-state index contributed by atoms with van der Waals surface area (Å²) in [6.45, 7) is 0. The van der Waals surface area contributed by atoms with Crippen LogP contribution in [-0.2, 0) is 11.0 Å². The number of carbonyl (C=O) groups excluding carboxylic acids is 1. The molecule has 132 valence electrons. The van der Waals surface area contributed by atoms with Gasteiger partial charge in [0.05, 0.1) is 5.56 Å². The molecule has 2 aromatic carbocycles. The zero-order valence-electron chi connectivity index (χ0n) is 13.2. The summed E-state index contributed by atoms with van der Waals surface area (Å²) in [6.07, 6.45) is -2.00. The number of nitrogens with one attached hydrogen (secondary N) is 1. The molecule has 0 spiro atoms. The van der Waals surface area contributed by atoms with Crippen molar-refractivity contribution in [1.29, 1.82) is 0 Å². The number of anilines is 1. The van der Waals surface area contributed by atoms with Crippen LogP contribution in [0.2, 0.25) is 0 Å². The molecule has 0 aliphatic carbocycles. The third kappa shape index (κ3) is 4.18. The Balaban J connectivity index is 1.73. The quantitative estimate of drug-likeness (QED) is 0.555. The van der Waals surface area contributed by atoms with Crippen LogP contribution in [0.25, 0.3) is 17.0 Å². The van der Waals surface area contributed by atoms with Crippen LogP contribution >= 0.6 is 0 Å². The summed E-state index contributed by atoms with van der Waals surface area (Å²) in [5.41, 5.74) is -0.148. The first-order chi connectivity index (χ1) is 12.3. The molecule has 3 rings (SSSR count). The number of alkyl halides is 3. The van der Waals surface area contributed by atoms with Crippen molar-refractivity contribution in [2.75, 3.05) is 5.32 Å². The van der Waals surface area contributed by atoms with Crippen molar-refractivity contribution < 1.29 is 22.4 Å². The monoisotopic (exact) mass is 359 g/mol. The summed E-state index contributed by atoms with van der Waals surface area (Å²) < 4.78 is 43.0. The highest BCUT2D eigenvalue weighted by Gasteiger charge is 2.30. The van der Waals surface area contributed by atoms with Gasteiger partial charge in [0.25, 0.3) is 0 Å². The molecule has 1 aromatic heterocycles. The van der Waals surface area contributed by atoms with Gasteiger partial charge in [-0.2, -0.15) is 13.2 Å². The number of rotatable bonds is 3. The van der Waals surface area contributed by atoms with Crippen LogP contribution in [0.1, 0.15) is 11.1 Å². The highest BCUT2D eigenvalue weighted by Crippen LogP contribution is 2.29. The molecule has 0 fully saturated rings. The molecule has 1 amide bonds. The van der Waals surface area contributed by atoms with Gasteiger partial charge in [-0.05, 0) is 48.0 Å². The average molecular weight is 359 g/mol. The van der Waals surface area contributed by atoms with Crippen molar-refractivity contribution in [2.24, 2.45) is 0 Å². The summed E-state index contributed by atoms with van der Waals surface area (Å²) in [5, 5.41) is 3.22. The molecule has 3 aromatic rings. The molecule has 0 unspecified atom stereocenters. The van der Waals surface area contributed by atoms with Crippen molar-refractivity contribution in [1.82, 2.24) is 0 Å². The summed E-state index contributed by atoms with van der Waals surface area (Å²) in [4.78, 5) is 23.1. The SMILES string of the molecule is O=C(/C=C/c1cccc(C(F)(F)F)c1)Nc1ccc2oc(=O)ccc2c1. The van der Waals surface area contributed by atoms with Gasteiger partial charge in [-0.1, -0.05) is 12.1 Å². The standard InChI is InChI=1S/C19H12F3NO3/c20-19(21,22)14-3-1-2-12(10-14)4-8-17(24)23-15-6-7-16-13(11-15)5-9-18(25)26-16/h1-11H,(H,23,24)/b8-4+. The number of halogens is 3. The Morgan fingerprint density at radius 2 is 1.85 bits per heavy atom. The van der Waals surface area contributed by atoms with Crippen LogP contribution in [0.15, 0.2) is 69.9 Å². The number of fused-ring (bicyclic) bond motifs is 1. The first-order valence-corrected chi connectivity index (χ1v) is 7.51. The fraction of sp³-hybridized carbons (Fsp3) is 0.0526. The summed E-state index contributed by atoms with van der Waals surface area (Å²) >= 11 is 0. The van der Waals surface area contributed by atoms with E-state index in [-0.39, 0.29) is 5.56 Å².